The molecule has 0 atom stereocenters. The summed E-state index contributed by atoms with van der Waals surface area (Å²) in [5.74, 6) is -0.429. The van der Waals surface area contributed by atoms with E-state index in [1.54, 1.807) is 54.6 Å². The van der Waals surface area contributed by atoms with Crippen molar-refractivity contribution in [2.45, 2.75) is 0 Å². The normalized spacial score (nSPS) is 10.3. The highest BCUT2D eigenvalue weighted by Gasteiger charge is 2.08. The average Bonchev–Trinajstić information content (AvgIpc) is 2.57. The lowest BCUT2D eigenvalue weighted by Gasteiger charge is -2.07. The summed E-state index contributed by atoms with van der Waals surface area (Å²) in [6.45, 7) is 0. The maximum absolute atomic E-state index is 13.8. The van der Waals surface area contributed by atoms with Gasteiger partial charge in [-0.05, 0) is 48.0 Å². The Morgan fingerprint density at radius 1 is 0.870 bits per heavy atom. The van der Waals surface area contributed by atoms with E-state index in [0.717, 1.165) is 0 Å². The van der Waals surface area contributed by atoms with E-state index in [-0.39, 0.29) is 17.5 Å². The van der Waals surface area contributed by atoms with Crippen LogP contribution in [-0.4, -0.2) is 11.0 Å². The molecular weight excluding hydrogens is 293 g/mol. The van der Waals surface area contributed by atoms with Crippen molar-refractivity contribution in [3.8, 4) is 16.9 Å². The molecule has 0 aliphatic carbocycles. The van der Waals surface area contributed by atoms with Gasteiger partial charge in [0.2, 0.25) is 0 Å². The van der Waals surface area contributed by atoms with E-state index in [1.165, 1.54) is 18.2 Å². The Morgan fingerprint density at radius 2 is 1.52 bits per heavy atom. The lowest BCUT2D eigenvalue weighted by atomic mass is 10.0. The number of hydrogen-bond donors (Lipinski definition) is 2. The number of aromatic hydroxyl groups is 1. The number of amides is 1. The third-order valence-corrected chi connectivity index (χ3v) is 3.46. The Morgan fingerprint density at radius 3 is 2.17 bits per heavy atom. The van der Waals surface area contributed by atoms with Crippen molar-refractivity contribution in [2.75, 3.05) is 5.32 Å². The van der Waals surface area contributed by atoms with Gasteiger partial charge < -0.3 is 10.4 Å². The minimum absolute atomic E-state index is 0.136. The predicted octanol–water partition coefficient (Wildman–Crippen LogP) is 4.45. The third kappa shape index (κ3) is 3.37. The second kappa shape index (κ2) is 6.32. The van der Waals surface area contributed by atoms with Crippen LogP contribution in [0.4, 0.5) is 10.1 Å². The van der Waals surface area contributed by atoms with E-state index < -0.39 is 0 Å². The van der Waals surface area contributed by atoms with E-state index in [2.05, 4.69) is 5.32 Å². The van der Waals surface area contributed by atoms with Crippen LogP contribution in [0.5, 0.6) is 5.75 Å². The summed E-state index contributed by atoms with van der Waals surface area (Å²) in [6, 6.07) is 19.4. The van der Waals surface area contributed by atoms with Crippen molar-refractivity contribution >= 4 is 11.6 Å². The SMILES string of the molecule is O=C(Nc1ccc(O)cc1)c1ccc(-c2ccccc2F)cc1. The van der Waals surface area contributed by atoms with Gasteiger partial charge in [-0.3, -0.25) is 4.79 Å². The lowest BCUT2D eigenvalue weighted by Crippen LogP contribution is -2.11. The maximum atomic E-state index is 13.8. The highest BCUT2D eigenvalue weighted by molar-refractivity contribution is 6.04. The van der Waals surface area contributed by atoms with Crippen LogP contribution in [0, 0.1) is 5.82 Å². The number of hydrogen-bond acceptors (Lipinski definition) is 2. The van der Waals surface area contributed by atoms with Gasteiger partial charge in [0.05, 0.1) is 0 Å². The van der Waals surface area contributed by atoms with Crippen LogP contribution in [-0.2, 0) is 0 Å². The molecular formula is C19H14FNO2. The number of anilines is 1. The Hall–Kier alpha value is -3.14. The first-order valence-electron chi connectivity index (χ1n) is 7.09. The summed E-state index contributed by atoms with van der Waals surface area (Å²) in [5, 5.41) is 12.0. The number of rotatable bonds is 3. The monoisotopic (exact) mass is 307 g/mol. The standard InChI is InChI=1S/C19H14FNO2/c20-18-4-2-1-3-17(18)13-5-7-14(8-6-13)19(23)21-15-9-11-16(22)12-10-15/h1-12,22H,(H,21,23). The Kier molecular flexibility index (Phi) is 4.06. The van der Waals surface area contributed by atoms with Crippen molar-refractivity contribution < 1.29 is 14.3 Å². The molecule has 0 unspecified atom stereocenters. The molecule has 114 valence electrons. The molecule has 4 heteroatoms. The van der Waals surface area contributed by atoms with Crippen LogP contribution in [0.1, 0.15) is 10.4 Å². The van der Waals surface area contributed by atoms with Gasteiger partial charge in [-0.1, -0.05) is 30.3 Å². The number of phenols is 1. The zero-order chi connectivity index (χ0) is 16.2. The van der Waals surface area contributed by atoms with Gasteiger partial charge in [-0.2, -0.15) is 0 Å². The first-order chi connectivity index (χ1) is 11.1. The first kappa shape index (κ1) is 14.8. The molecule has 0 heterocycles. The van der Waals surface area contributed by atoms with Gasteiger partial charge in [0.15, 0.2) is 0 Å². The summed E-state index contributed by atoms with van der Waals surface area (Å²) >= 11 is 0. The highest BCUT2D eigenvalue weighted by atomic mass is 19.1. The van der Waals surface area contributed by atoms with Gasteiger partial charge in [0, 0.05) is 16.8 Å². The molecule has 0 aliphatic rings. The molecule has 3 aromatic rings. The lowest BCUT2D eigenvalue weighted by molar-refractivity contribution is 0.102. The first-order valence-corrected chi connectivity index (χ1v) is 7.09. The summed E-state index contributed by atoms with van der Waals surface area (Å²) in [6.07, 6.45) is 0. The van der Waals surface area contributed by atoms with Crippen molar-refractivity contribution in [3.63, 3.8) is 0 Å². The van der Waals surface area contributed by atoms with E-state index >= 15 is 0 Å². The molecule has 0 saturated carbocycles. The molecule has 0 radical (unpaired) electrons. The van der Waals surface area contributed by atoms with E-state index in [9.17, 15) is 14.3 Å². The van der Waals surface area contributed by atoms with Crippen molar-refractivity contribution in [1.29, 1.82) is 0 Å². The van der Waals surface area contributed by atoms with Crippen molar-refractivity contribution in [2.24, 2.45) is 0 Å². The van der Waals surface area contributed by atoms with Gasteiger partial charge in [0.25, 0.3) is 5.91 Å². The second-order valence-corrected chi connectivity index (χ2v) is 5.06. The van der Waals surface area contributed by atoms with E-state index in [1.807, 2.05) is 0 Å². The largest absolute Gasteiger partial charge is 0.508 e. The van der Waals surface area contributed by atoms with Gasteiger partial charge in [-0.15, -0.1) is 0 Å². The van der Waals surface area contributed by atoms with Crippen LogP contribution in [0.25, 0.3) is 11.1 Å². The fraction of sp³-hybridized carbons (Fsp3) is 0. The maximum Gasteiger partial charge on any atom is 0.255 e. The van der Waals surface area contributed by atoms with Gasteiger partial charge in [-0.25, -0.2) is 4.39 Å². The number of phenolic OH excluding ortho intramolecular Hbond substituents is 1. The molecule has 0 aromatic heterocycles. The van der Waals surface area contributed by atoms with Crippen LogP contribution < -0.4 is 5.32 Å². The van der Waals surface area contributed by atoms with Crippen LogP contribution in [0.2, 0.25) is 0 Å². The molecule has 3 nitrogen and oxygen atoms in total. The van der Waals surface area contributed by atoms with Crippen molar-refractivity contribution in [3.05, 3.63) is 84.2 Å². The van der Waals surface area contributed by atoms with Crippen LogP contribution >= 0.6 is 0 Å². The van der Waals surface area contributed by atoms with Crippen molar-refractivity contribution in [1.82, 2.24) is 0 Å². The minimum Gasteiger partial charge on any atom is -0.508 e. The average molecular weight is 307 g/mol. The number of nitrogens with one attached hydrogen (secondary N) is 1. The number of carbonyl (C=O) groups excluding carboxylic acids is 1. The third-order valence-electron chi connectivity index (χ3n) is 3.46. The molecule has 3 rings (SSSR count). The predicted molar refractivity (Wildman–Crippen MR) is 87.9 cm³/mol. The Balaban J connectivity index is 1.78. The smallest absolute Gasteiger partial charge is 0.255 e. The topological polar surface area (TPSA) is 49.3 Å². The molecule has 23 heavy (non-hydrogen) atoms. The molecule has 0 saturated heterocycles. The molecule has 0 fully saturated rings. The molecule has 3 aromatic carbocycles. The minimum atomic E-state index is -0.297. The molecule has 0 bridgehead atoms. The Labute approximate surface area is 133 Å². The summed E-state index contributed by atoms with van der Waals surface area (Å²) in [4.78, 5) is 12.2. The van der Waals surface area contributed by atoms with Gasteiger partial charge in [0.1, 0.15) is 11.6 Å². The van der Waals surface area contributed by atoms with E-state index in [0.29, 0.717) is 22.4 Å². The molecule has 0 spiro atoms. The second-order valence-electron chi connectivity index (χ2n) is 5.06. The summed E-state index contributed by atoms with van der Waals surface area (Å²) < 4.78 is 13.8. The van der Waals surface area contributed by atoms with E-state index in [4.69, 9.17) is 0 Å². The van der Waals surface area contributed by atoms with Gasteiger partial charge >= 0.3 is 0 Å². The zero-order valence-electron chi connectivity index (χ0n) is 12.2. The summed E-state index contributed by atoms with van der Waals surface area (Å²) in [7, 11) is 0. The Bertz CT molecular complexity index is 827. The fourth-order valence-corrected chi connectivity index (χ4v) is 2.24. The highest BCUT2D eigenvalue weighted by Crippen LogP contribution is 2.23. The number of halogens is 1. The fourth-order valence-electron chi connectivity index (χ4n) is 2.24. The molecule has 2 N–H and O–H groups in total. The number of benzene rings is 3. The number of carbonyl (C=O) groups is 1. The van der Waals surface area contributed by atoms with Crippen LogP contribution in [0.15, 0.2) is 72.8 Å². The summed E-state index contributed by atoms with van der Waals surface area (Å²) in [5.41, 5.74) is 2.27. The molecule has 0 aliphatic heterocycles. The van der Waals surface area contributed by atoms with Crippen LogP contribution in [0.3, 0.4) is 0 Å². The quantitative estimate of drug-likeness (QED) is 0.702. The molecule has 1 amide bonds. The zero-order valence-corrected chi connectivity index (χ0v) is 12.2.